The van der Waals surface area contributed by atoms with Gasteiger partial charge in [0.15, 0.2) is 11.5 Å². The van der Waals surface area contributed by atoms with Crippen molar-refractivity contribution in [3.8, 4) is 23.1 Å². The fourth-order valence-corrected chi connectivity index (χ4v) is 2.08. The molecule has 0 aliphatic carbocycles. The molecule has 0 aliphatic heterocycles. The van der Waals surface area contributed by atoms with Crippen LogP contribution in [0.5, 0.6) is 23.1 Å². The van der Waals surface area contributed by atoms with Crippen LogP contribution in [0, 0.1) is 0 Å². The highest BCUT2D eigenvalue weighted by atomic mass is 79.9. The van der Waals surface area contributed by atoms with Crippen LogP contribution < -0.4 is 14.2 Å². The van der Waals surface area contributed by atoms with Crippen molar-refractivity contribution in [1.82, 2.24) is 9.97 Å². The lowest BCUT2D eigenvalue weighted by Crippen LogP contribution is -1.99. The second-order valence-corrected chi connectivity index (χ2v) is 4.70. The maximum absolute atomic E-state index is 5.81. The predicted octanol–water partition coefficient (Wildman–Crippen LogP) is 3.61. The highest BCUT2D eigenvalue weighted by Gasteiger charge is 2.14. The van der Waals surface area contributed by atoms with Crippen LogP contribution in [0.1, 0.15) is 12.7 Å². The average molecular weight is 339 g/mol. The third-order valence-electron chi connectivity index (χ3n) is 2.62. The second kappa shape index (κ2) is 6.56. The zero-order valence-corrected chi connectivity index (χ0v) is 13.1. The minimum Gasteiger partial charge on any atom is -0.493 e. The minimum atomic E-state index is 0.437. The monoisotopic (exact) mass is 338 g/mol. The number of aromatic nitrogens is 2. The zero-order valence-electron chi connectivity index (χ0n) is 11.5. The standard InChI is InChI=1S/C14H15BrN2O3/c1-4-12-16-11(15)8-13(17-12)20-14-9(18-2)6-5-7-10(14)19-3/h5-8H,4H2,1-3H3. The number of hydrogen-bond acceptors (Lipinski definition) is 5. The Bertz CT molecular complexity index is 583. The van der Waals surface area contributed by atoms with E-state index in [0.717, 1.165) is 6.42 Å². The maximum Gasteiger partial charge on any atom is 0.224 e. The molecule has 0 atom stereocenters. The fraction of sp³-hybridized carbons (Fsp3) is 0.286. The van der Waals surface area contributed by atoms with Crippen molar-refractivity contribution >= 4 is 15.9 Å². The molecule has 0 fully saturated rings. The van der Waals surface area contributed by atoms with Crippen LogP contribution in [0.25, 0.3) is 0 Å². The largest absolute Gasteiger partial charge is 0.493 e. The molecule has 2 rings (SSSR count). The van der Waals surface area contributed by atoms with Crippen LogP contribution in [0.15, 0.2) is 28.9 Å². The molecule has 106 valence electrons. The summed E-state index contributed by atoms with van der Waals surface area (Å²) in [6.45, 7) is 1.98. The Morgan fingerprint density at radius 1 is 1.10 bits per heavy atom. The first-order chi connectivity index (χ1) is 9.67. The predicted molar refractivity (Wildman–Crippen MR) is 78.7 cm³/mol. The fourth-order valence-electron chi connectivity index (χ4n) is 1.67. The van der Waals surface area contributed by atoms with Gasteiger partial charge in [0.05, 0.1) is 14.2 Å². The SMILES string of the molecule is CCc1nc(Br)cc(Oc2c(OC)cccc2OC)n1. The van der Waals surface area contributed by atoms with Gasteiger partial charge >= 0.3 is 0 Å². The molecule has 1 heterocycles. The molecule has 5 nitrogen and oxygen atoms in total. The van der Waals surface area contributed by atoms with Gasteiger partial charge in [-0.25, -0.2) is 4.98 Å². The van der Waals surface area contributed by atoms with Crippen molar-refractivity contribution in [2.75, 3.05) is 14.2 Å². The third-order valence-corrected chi connectivity index (χ3v) is 3.03. The lowest BCUT2D eigenvalue weighted by molar-refractivity contribution is 0.341. The van der Waals surface area contributed by atoms with Gasteiger partial charge in [0, 0.05) is 12.5 Å². The van der Waals surface area contributed by atoms with Crippen LogP contribution in [0.2, 0.25) is 0 Å². The summed E-state index contributed by atoms with van der Waals surface area (Å²) in [4.78, 5) is 8.57. The van der Waals surface area contributed by atoms with E-state index in [0.29, 0.717) is 33.6 Å². The number of halogens is 1. The second-order valence-electron chi connectivity index (χ2n) is 3.89. The van der Waals surface area contributed by atoms with Gasteiger partial charge in [0.2, 0.25) is 11.6 Å². The van der Waals surface area contributed by atoms with E-state index >= 15 is 0 Å². The number of rotatable bonds is 5. The first-order valence-electron chi connectivity index (χ1n) is 6.10. The van der Waals surface area contributed by atoms with Crippen molar-refractivity contribution in [3.05, 3.63) is 34.7 Å². The Kier molecular flexibility index (Phi) is 4.79. The van der Waals surface area contributed by atoms with Gasteiger partial charge in [-0.1, -0.05) is 13.0 Å². The number of para-hydroxylation sites is 1. The first-order valence-corrected chi connectivity index (χ1v) is 6.89. The number of nitrogens with zero attached hydrogens (tertiary/aromatic N) is 2. The summed E-state index contributed by atoms with van der Waals surface area (Å²) in [7, 11) is 3.16. The van der Waals surface area contributed by atoms with Gasteiger partial charge in [0.1, 0.15) is 10.4 Å². The lowest BCUT2D eigenvalue weighted by atomic mass is 10.3. The zero-order chi connectivity index (χ0) is 14.5. The molecule has 20 heavy (non-hydrogen) atoms. The van der Waals surface area contributed by atoms with Crippen molar-refractivity contribution < 1.29 is 14.2 Å². The molecule has 0 amide bonds. The van der Waals surface area contributed by atoms with E-state index in [2.05, 4.69) is 25.9 Å². The number of benzene rings is 1. The smallest absolute Gasteiger partial charge is 0.224 e. The summed E-state index contributed by atoms with van der Waals surface area (Å²) in [5, 5.41) is 0. The van der Waals surface area contributed by atoms with Crippen LogP contribution in [0.4, 0.5) is 0 Å². The Labute approximate surface area is 126 Å². The summed E-state index contributed by atoms with van der Waals surface area (Å²) < 4.78 is 17.1. The van der Waals surface area contributed by atoms with E-state index in [1.165, 1.54) is 0 Å². The van der Waals surface area contributed by atoms with Crippen molar-refractivity contribution in [3.63, 3.8) is 0 Å². The molecule has 2 aromatic rings. The molecule has 0 saturated heterocycles. The minimum absolute atomic E-state index is 0.437. The van der Waals surface area contributed by atoms with Crippen molar-refractivity contribution in [1.29, 1.82) is 0 Å². The van der Waals surface area contributed by atoms with Crippen LogP contribution in [-0.2, 0) is 6.42 Å². The summed E-state index contributed by atoms with van der Waals surface area (Å²) in [6.07, 6.45) is 0.721. The van der Waals surface area contributed by atoms with E-state index in [9.17, 15) is 0 Å². The molecule has 0 aliphatic rings. The topological polar surface area (TPSA) is 53.5 Å². The Hall–Kier alpha value is -1.82. The third kappa shape index (κ3) is 3.19. The van der Waals surface area contributed by atoms with E-state index in [-0.39, 0.29) is 0 Å². The Balaban J connectivity index is 2.41. The summed E-state index contributed by atoms with van der Waals surface area (Å²) in [5.74, 6) is 2.79. The molecule has 0 unspecified atom stereocenters. The van der Waals surface area contributed by atoms with E-state index in [1.54, 1.807) is 32.4 Å². The van der Waals surface area contributed by atoms with E-state index < -0.39 is 0 Å². The van der Waals surface area contributed by atoms with Crippen molar-refractivity contribution in [2.24, 2.45) is 0 Å². The van der Waals surface area contributed by atoms with Gasteiger partial charge in [-0.15, -0.1) is 0 Å². The van der Waals surface area contributed by atoms with Gasteiger partial charge in [-0.3, -0.25) is 0 Å². The number of aryl methyl sites for hydroxylation is 1. The molecular formula is C14H15BrN2O3. The molecule has 0 bridgehead atoms. The van der Waals surface area contributed by atoms with Gasteiger partial charge in [0.25, 0.3) is 0 Å². The van der Waals surface area contributed by atoms with Gasteiger partial charge in [-0.2, -0.15) is 4.98 Å². The summed E-state index contributed by atoms with van der Waals surface area (Å²) >= 11 is 3.34. The van der Waals surface area contributed by atoms with E-state index in [4.69, 9.17) is 14.2 Å². The summed E-state index contributed by atoms with van der Waals surface area (Å²) in [5.41, 5.74) is 0. The number of methoxy groups -OCH3 is 2. The van der Waals surface area contributed by atoms with Gasteiger partial charge in [-0.05, 0) is 28.1 Å². The number of ether oxygens (including phenoxy) is 3. The van der Waals surface area contributed by atoms with E-state index in [1.807, 2.05) is 13.0 Å². The normalized spacial score (nSPS) is 10.2. The molecule has 1 aromatic carbocycles. The molecule has 1 aromatic heterocycles. The molecule has 0 saturated carbocycles. The maximum atomic E-state index is 5.81. The lowest BCUT2D eigenvalue weighted by Gasteiger charge is -2.13. The quantitative estimate of drug-likeness (QED) is 0.779. The van der Waals surface area contributed by atoms with Gasteiger partial charge < -0.3 is 14.2 Å². The van der Waals surface area contributed by atoms with Crippen LogP contribution in [-0.4, -0.2) is 24.2 Å². The van der Waals surface area contributed by atoms with Crippen LogP contribution in [0.3, 0.4) is 0 Å². The molecular weight excluding hydrogens is 324 g/mol. The first kappa shape index (κ1) is 14.6. The Morgan fingerprint density at radius 2 is 1.75 bits per heavy atom. The van der Waals surface area contributed by atoms with Crippen LogP contribution >= 0.6 is 15.9 Å². The highest BCUT2D eigenvalue weighted by Crippen LogP contribution is 2.39. The number of hydrogen-bond donors (Lipinski definition) is 0. The molecule has 0 radical (unpaired) electrons. The molecule has 6 heteroatoms. The Morgan fingerprint density at radius 3 is 2.30 bits per heavy atom. The molecule has 0 N–H and O–H groups in total. The average Bonchev–Trinajstić information content (AvgIpc) is 2.46. The van der Waals surface area contributed by atoms with Crippen molar-refractivity contribution in [2.45, 2.75) is 13.3 Å². The summed E-state index contributed by atoms with van der Waals surface area (Å²) in [6, 6.07) is 7.13. The highest BCUT2D eigenvalue weighted by molar-refractivity contribution is 9.10. The molecule has 0 spiro atoms.